The maximum absolute atomic E-state index is 11.4. The molecular weight excluding hydrogens is 143 g/mol. The van der Waals surface area contributed by atoms with Crippen molar-refractivity contribution in [2.45, 2.75) is 0 Å². The van der Waals surface area contributed by atoms with E-state index in [-0.39, 0.29) is 0 Å². The first-order valence-electron chi connectivity index (χ1n) is 3.12. The van der Waals surface area contributed by atoms with E-state index in [9.17, 15) is 4.57 Å². The Labute approximate surface area is 61.5 Å². The highest BCUT2D eigenvalue weighted by molar-refractivity contribution is 7.70. The van der Waals surface area contributed by atoms with Crippen LogP contribution in [0, 0.1) is 6.07 Å². The van der Waals surface area contributed by atoms with Gasteiger partial charge in [-0.05, 0) is 19.4 Å². The smallest absolute Gasteiger partial charge is 0.109 e. The highest BCUT2D eigenvalue weighted by Gasteiger charge is 2.08. The van der Waals surface area contributed by atoms with E-state index < -0.39 is 7.14 Å². The summed E-state index contributed by atoms with van der Waals surface area (Å²) >= 11 is 0. The Hall–Kier alpha value is -0.550. The summed E-state index contributed by atoms with van der Waals surface area (Å²) in [4.78, 5) is 0. The first-order valence-corrected chi connectivity index (χ1v) is 5.72. The molecule has 1 aromatic rings. The SMILES string of the molecule is CP(C)(=O)c1cc[c]cc1. The van der Waals surface area contributed by atoms with E-state index in [2.05, 4.69) is 6.07 Å². The second-order valence-electron chi connectivity index (χ2n) is 2.61. The Morgan fingerprint density at radius 2 is 1.80 bits per heavy atom. The molecule has 0 N–H and O–H groups in total. The van der Waals surface area contributed by atoms with Crippen molar-refractivity contribution >= 4 is 12.4 Å². The molecule has 1 nitrogen and oxygen atoms in total. The molecule has 53 valence electrons. The van der Waals surface area contributed by atoms with Crippen LogP contribution in [0.15, 0.2) is 24.3 Å². The molecule has 0 aliphatic carbocycles. The molecular formula is C8H10OP. The fourth-order valence-electron chi connectivity index (χ4n) is 0.737. The maximum atomic E-state index is 11.4. The second-order valence-corrected chi connectivity index (χ2v) is 5.83. The van der Waals surface area contributed by atoms with Crippen LogP contribution in [0.3, 0.4) is 0 Å². The summed E-state index contributed by atoms with van der Waals surface area (Å²) < 4.78 is 11.4. The van der Waals surface area contributed by atoms with Gasteiger partial charge in [-0.1, -0.05) is 24.3 Å². The topological polar surface area (TPSA) is 17.1 Å². The summed E-state index contributed by atoms with van der Waals surface area (Å²) in [5.41, 5.74) is 0. The summed E-state index contributed by atoms with van der Waals surface area (Å²) in [7, 11) is -2.04. The number of hydrogen-bond acceptors (Lipinski definition) is 1. The molecule has 0 aliphatic rings. The zero-order chi connectivity index (χ0) is 7.61. The Balaban J connectivity index is 3.09. The van der Waals surface area contributed by atoms with Gasteiger partial charge in [0.05, 0.1) is 0 Å². The third-order valence-electron chi connectivity index (χ3n) is 1.32. The zero-order valence-electron chi connectivity index (χ0n) is 6.16. The molecule has 0 aromatic heterocycles. The quantitative estimate of drug-likeness (QED) is 0.561. The van der Waals surface area contributed by atoms with Crippen LogP contribution in [0.1, 0.15) is 0 Å². The standard InChI is InChI=1S/C8H10OP/c1-10(2,9)8-6-4-3-5-7-8/h4-7H,1-2H3. The number of hydrogen-bond donors (Lipinski definition) is 0. The third kappa shape index (κ3) is 1.71. The lowest BCUT2D eigenvalue weighted by molar-refractivity contribution is 0.588. The predicted octanol–water partition coefficient (Wildman–Crippen LogP) is 1.73. The molecule has 0 atom stereocenters. The molecule has 1 rings (SSSR count). The third-order valence-corrected chi connectivity index (χ3v) is 2.86. The Kier molecular flexibility index (Phi) is 1.96. The molecule has 10 heavy (non-hydrogen) atoms. The van der Waals surface area contributed by atoms with Crippen LogP contribution in [0.5, 0.6) is 0 Å². The highest BCUT2D eigenvalue weighted by atomic mass is 31.2. The number of benzene rings is 1. The van der Waals surface area contributed by atoms with E-state index in [4.69, 9.17) is 0 Å². The molecule has 0 heterocycles. The van der Waals surface area contributed by atoms with Crippen molar-refractivity contribution in [2.75, 3.05) is 13.3 Å². The van der Waals surface area contributed by atoms with Crippen LogP contribution >= 0.6 is 7.14 Å². The van der Waals surface area contributed by atoms with Crippen molar-refractivity contribution in [3.63, 3.8) is 0 Å². The molecule has 1 radical (unpaired) electrons. The molecule has 0 bridgehead atoms. The van der Waals surface area contributed by atoms with Gasteiger partial charge in [-0.2, -0.15) is 0 Å². The lowest BCUT2D eigenvalue weighted by Gasteiger charge is -2.04. The molecule has 1 aromatic carbocycles. The molecule has 0 unspecified atom stereocenters. The van der Waals surface area contributed by atoms with Gasteiger partial charge in [0, 0.05) is 5.30 Å². The van der Waals surface area contributed by atoms with Crippen LogP contribution in [0.25, 0.3) is 0 Å². The van der Waals surface area contributed by atoms with E-state index in [0.29, 0.717) is 0 Å². The van der Waals surface area contributed by atoms with E-state index in [1.807, 2.05) is 12.1 Å². The van der Waals surface area contributed by atoms with Gasteiger partial charge < -0.3 is 4.57 Å². The molecule has 0 saturated carbocycles. The van der Waals surface area contributed by atoms with Crippen molar-refractivity contribution < 1.29 is 4.57 Å². The largest absolute Gasteiger partial charge is 0.319 e. The van der Waals surface area contributed by atoms with Gasteiger partial charge in [0.15, 0.2) is 0 Å². The monoisotopic (exact) mass is 153 g/mol. The molecule has 0 saturated heterocycles. The van der Waals surface area contributed by atoms with Gasteiger partial charge in [0.1, 0.15) is 7.14 Å². The van der Waals surface area contributed by atoms with Gasteiger partial charge in [-0.25, -0.2) is 0 Å². The van der Waals surface area contributed by atoms with Crippen LogP contribution < -0.4 is 5.30 Å². The van der Waals surface area contributed by atoms with Gasteiger partial charge in [-0.15, -0.1) is 0 Å². The average Bonchev–Trinajstić information content (AvgIpc) is 1.88. The van der Waals surface area contributed by atoms with E-state index in [1.165, 1.54) is 0 Å². The van der Waals surface area contributed by atoms with Gasteiger partial charge in [0.25, 0.3) is 0 Å². The molecule has 0 amide bonds. The summed E-state index contributed by atoms with van der Waals surface area (Å²) in [6.45, 7) is 3.53. The predicted molar refractivity (Wildman–Crippen MR) is 44.4 cm³/mol. The van der Waals surface area contributed by atoms with Crippen molar-refractivity contribution in [2.24, 2.45) is 0 Å². The van der Waals surface area contributed by atoms with Crippen LogP contribution in [-0.4, -0.2) is 13.3 Å². The van der Waals surface area contributed by atoms with Crippen molar-refractivity contribution in [1.82, 2.24) is 0 Å². The Morgan fingerprint density at radius 1 is 1.30 bits per heavy atom. The summed E-state index contributed by atoms with van der Waals surface area (Å²) in [5, 5.41) is 0.922. The lowest BCUT2D eigenvalue weighted by Crippen LogP contribution is -2.00. The van der Waals surface area contributed by atoms with E-state index >= 15 is 0 Å². The Bertz CT molecular complexity index is 247. The normalized spacial score (nSPS) is 11.4. The molecule has 0 aliphatic heterocycles. The van der Waals surface area contributed by atoms with Crippen molar-refractivity contribution in [3.8, 4) is 0 Å². The zero-order valence-corrected chi connectivity index (χ0v) is 7.06. The van der Waals surface area contributed by atoms with Crippen LogP contribution in [-0.2, 0) is 4.57 Å². The van der Waals surface area contributed by atoms with Crippen LogP contribution in [0.4, 0.5) is 0 Å². The molecule has 0 fully saturated rings. The van der Waals surface area contributed by atoms with Crippen molar-refractivity contribution in [1.29, 1.82) is 0 Å². The van der Waals surface area contributed by atoms with Gasteiger partial charge >= 0.3 is 0 Å². The van der Waals surface area contributed by atoms with Crippen molar-refractivity contribution in [3.05, 3.63) is 30.3 Å². The van der Waals surface area contributed by atoms with Crippen LogP contribution in [0.2, 0.25) is 0 Å². The minimum absolute atomic E-state index is 0.922. The fraction of sp³-hybridized carbons (Fsp3) is 0.250. The second kappa shape index (κ2) is 2.59. The van der Waals surface area contributed by atoms with E-state index in [0.717, 1.165) is 5.30 Å². The lowest BCUT2D eigenvalue weighted by atomic mass is 10.4. The fourth-order valence-corrected chi connectivity index (χ4v) is 1.60. The molecule has 0 spiro atoms. The van der Waals surface area contributed by atoms with E-state index in [1.54, 1.807) is 25.5 Å². The molecule has 2 heteroatoms. The average molecular weight is 153 g/mol. The highest BCUT2D eigenvalue weighted by Crippen LogP contribution is 2.33. The maximum Gasteiger partial charge on any atom is 0.109 e. The van der Waals surface area contributed by atoms with Gasteiger partial charge in [-0.3, -0.25) is 0 Å². The first kappa shape index (κ1) is 7.56. The number of rotatable bonds is 1. The minimum Gasteiger partial charge on any atom is -0.319 e. The summed E-state index contributed by atoms with van der Waals surface area (Å²) in [6, 6.07) is 10.2. The minimum atomic E-state index is -2.04. The Morgan fingerprint density at radius 3 is 2.10 bits per heavy atom. The summed E-state index contributed by atoms with van der Waals surface area (Å²) in [5.74, 6) is 0. The first-order chi connectivity index (χ1) is 4.61. The van der Waals surface area contributed by atoms with Gasteiger partial charge in [0.2, 0.25) is 0 Å². The summed E-state index contributed by atoms with van der Waals surface area (Å²) in [6.07, 6.45) is 0.